The van der Waals surface area contributed by atoms with Crippen molar-refractivity contribution in [2.24, 2.45) is 5.92 Å². The van der Waals surface area contributed by atoms with Crippen LogP contribution < -0.4 is 14.8 Å². The fourth-order valence-electron chi connectivity index (χ4n) is 3.32. The summed E-state index contributed by atoms with van der Waals surface area (Å²) in [6.07, 6.45) is -0.369. The number of nitrogens with zero attached hydrogens (tertiary/aromatic N) is 3. The number of rotatable bonds is 11. The van der Waals surface area contributed by atoms with Crippen LogP contribution in [0.25, 0.3) is 0 Å². The van der Waals surface area contributed by atoms with Crippen LogP contribution in [-0.2, 0) is 11.3 Å². The molecule has 0 fully saturated rings. The van der Waals surface area contributed by atoms with Gasteiger partial charge in [-0.25, -0.2) is 4.79 Å². The first kappa shape index (κ1) is 26.1. The number of nitrogens with one attached hydrogen (secondary N) is 1. The van der Waals surface area contributed by atoms with Crippen molar-refractivity contribution in [3.05, 3.63) is 59.9 Å². The highest BCUT2D eigenvalue weighted by Crippen LogP contribution is 2.29. The summed E-state index contributed by atoms with van der Waals surface area (Å²) in [5, 5.41) is 20.8. The molecule has 3 rings (SSSR count). The molecule has 2 N–H and O–H groups in total. The van der Waals surface area contributed by atoms with Crippen molar-refractivity contribution in [1.82, 2.24) is 14.8 Å². The molecule has 9 nitrogen and oxygen atoms in total. The van der Waals surface area contributed by atoms with E-state index in [1.807, 2.05) is 35.8 Å². The van der Waals surface area contributed by atoms with Crippen molar-refractivity contribution in [3.63, 3.8) is 0 Å². The van der Waals surface area contributed by atoms with Crippen LogP contribution in [-0.4, -0.2) is 44.1 Å². The van der Waals surface area contributed by atoms with Crippen LogP contribution >= 0.6 is 11.8 Å². The molecule has 35 heavy (non-hydrogen) atoms. The Morgan fingerprint density at radius 1 is 1.06 bits per heavy atom. The van der Waals surface area contributed by atoms with Gasteiger partial charge < -0.3 is 24.5 Å². The number of carbonyl (C=O) groups excluding carboxylic acids is 1. The van der Waals surface area contributed by atoms with Crippen LogP contribution in [0.2, 0.25) is 0 Å². The molecular weight excluding hydrogens is 468 g/mol. The van der Waals surface area contributed by atoms with E-state index in [2.05, 4.69) is 29.4 Å². The van der Waals surface area contributed by atoms with Gasteiger partial charge in [0.25, 0.3) is 0 Å². The second kappa shape index (κ2) is 11.7. The Morgan fingerprint density at radius 3 is 2.37 bits per heavy atom. The molecule has 0 aliphatic carbocycles. The molecule has 1 amide bonds. The molecule has 0 saturated heterocycles. The average molecular weight is 499 g/mol. The quantitative estimate of drug-likeness (QED) is 0.359. The molecule has 3 aromatic rings. The molecule has 186 valence electrons. The maximum absolute atomic E-state index is 12.8. The maximum atomic E-state index is 12.8. The molecule has 2 aromatic carbocycles. The van der Waals surface area contributed by atoms with Gasteiger partial charge in [0, 0.05) is 12.2 Å². The minimum atomic E-state index is -1.05. The molecule has 0 spiro atoms. The number of carboxylic acid groups (broad SMARTS) is 1. The molecule has 0 radical (unpaired) electrons. The number of ether oxygens (including phenoxy) is 2. The lowest BCUT2D eigenvalue weighted by Gasteiger charge is -2.19. The van der Waals surface area contributed by atoms with Crippen molar-refractivity contribution in [2.75, 3.05) is 12.4 Å². The first-order chi connectivity index (χ1) is 16.7. The average Bonchev–Trinajstić information content (AvgIpc) is 3.21. The van der Waals surface area contributed by atoms with E-state index in [1.54, 1.807) is 26.2 Å². The van der Waals surface area contributed by atoms with Crippen LogP contribution in [0.1, 0.15) is 50.0 Å². The number of hydrogen-bond donors (Lipinski definition) is 2. The number of carbonyl (C=O) groups is 2. The number of benzene rings is 2. The van der Waals surface area contributed by atoms with Crippen LogP contribution in [0.3, 0.4) is 0 Å². The Hall–Kier alpha value is -3.53. The topological polar surface area (TPSA) is 116 Å². The van der Waals surface area contributed by atoms with Crippen LogP contribution in [0.4, 0.5) is 5.69 Å². The summed E-state index contributed by atoms with van der Waals surface area (Å²) < 4.78 is 13.3. The highest BCUT2D eigenvalue weighted by atomic mass is 32.2. The standard InChI is InChI=1S/C25H30N4O5S/c1-15(2)14-29-22(16(3)34-21-11-9-20(33-5)10-12-21)27-28-25(29)35-17(4)23(30)26-19-8-6-7-18(13-19)24(31)32/h6-13,15-17H,14H2,1-5H3,(H,26,30)(H,31,32). The normalized spacial score (nSPS) is 12.7. The van der Waals surface area contributed by atoms with Gasteiger partial charge in [0.15, 0.2) is 17.1 Å². The van der Waals surface area contributed by atoms with Crippen molar-refractivity contribution < 1.29 is 24.2 Å². The van der Waals surface area contributed by atoms with E-state index in [-0.39, 0.29) is 17.6 Å². The SMILES string of the molecule is COc1ccc(OC(C)c2nnc(SC(C)C(=O)Nc3cccc(C(=O)O)c3)n2CC(C)C)cc1. The lowest BCUT2D eigenvalue weighted by atomic mass is 10.2. The molecule has 2 atom stereocenters. The summed E-state index contributed by atoms with van der Waals surface area (Å²) in [7, 11) is 1.61. The number of amides is 1. The predicted octanol–water partition coefficient (Wildman–Crippen LogP) is 4.90. The molecule has 0 saturated carbocycles. The zero-order valence-corrected chi connectivity index (χ0v) is 21.2. The summed E-state index contributed by atoms with van der Waals surface area (Å²) in [5.41, 5.74) is 0.531. The third kappa shape index (κ3) is 6.98. The van der Waals surface area contributed by atoms with Crippen LogP contribution in [0, 0.1) is 5.92 Å². The van der Waals surface area contributed by atoms with Gasteiger partial charge in [0.2, 0.25) is 5.91 Å². The van der Waals surface area contributed by atoms with Crippen LogP contribution in [0.15, 0.2) is 53.7 Å². The lowest BCUT2D eigenvalue weighted by molar-refractivity contribution is -0.115. The zero-order valence-electron chi connectivity index (χ0n) is 20.4. The summed E-state index contributed by atoms with van der Waals surface area (Å²) >= 11 is 1.29. The van der Waals surface area contributed by atoms with Gasteiger partial charge in [0.05, 0.1) is 17.9 Å². The van der Waals surface area contributed by atoms with Crippen molar-refractivity contribution in [2.45, 2.75) is 50.8 Å². The number of aromatic carboxylic acids is 1. The Labute approximate surface area is 208 Å². The van der Waals surface area contributed by atoms with E-state index in [9.17, 15) is 9.59 Å². The van der Waals surface area contributed by atoms with Gasteiger partial charge in [-0.3, -0.25) is 4.79 Å². The minimum absolute atomic E-state index is 0.107. The van der Waals surface area contributed by atoms with E-state index in [0.29, 0.717) is 34.9 Å². The lowest BCUT2D eigenvalue weighted by Crippen LogP contribution is -2.23. The van der Waals surface area contributed by atoms with Gasteiger partial charge >= 0.3 is 5.97 Å². The van der Waals surface area contributed by atoms with Crippen LogP contribution in [0.5, 0.6) is 11.5 Å². The van der Waals surface area contributed by atoms with E-state index >= 15 is 0 Å². The number of carboxylic acids is 1. The largest absolute Gasteiger partial charge is 0.497 e. The molecule has 0 aliphatic heterocycles. The summed E-state index contributed by atoms with van der Waals surface area (Å²) in [4.78, 5) is 24.0. The fraction of sp³-hybridized carbons (Fsp3) is 0.360. The highest BCUT2D eigenvalue weighted by molar-refractivity contribution is 8.00. The second-order valence-electron chi connectivity index (χ2n) is 8.42. The predicted molar refractivity (Wildman–Crippen MR) is 134 cm³/mol. The van der Waals surface area contributed by atoms with Crippen molar-refractivity contribution >= 4 is 29.3 Å². The molecule has 1 aromatic heterocycles. The monoisotopic (exact) mass is 498 g/mol. The zero-order chi connectivity index (χ0) is 25.5. The second-order valence-corrected chi connectivity index (χ2v) is 9.72. The summed E-state index contributed by atoms with van der Waals surface area (Å²) in [6, 6.07) is 13.5. The Kier molecular flexibility index (Phi) is 8.75. The van der Waals surface area contributed by atoms with Gasteiger partial charge in [-0.05, 0) is 62.2 Å². The van der Waals surface area contributed by atoms with Gasteiger partial charge in [0.1, 0.15) is 11.5 Å². The number of hydrogen-bond acceptors (Lipinski definition) is 7. The van der Waals surface area contributed by atoms with Gasteiger partial charge in [-0.15, -0.1) is 10.2 Å². The highest BCUT2D eigenvalue weighted by Gasteiger charge is 2.24. The molecule has 2 unspecified atom stereocenters. The van der Waals surface area contributed by atoms with Gasteiger partial charge in [-0.2, -0.15) is 0 Å². The minimum Gasteiger partial charge on any atom is -0.497 e. The van der Waals surface area contributed by atoms with Crippen molar-refractivity contribution in [3.8, 4) is 11.5 Å². The fourth-order valence-corrected chi connectivity index (χ4v) is 4.19. The Balaban J connectivity index is 1.74. The molecule has 0 aliphatic rings. The Morgan fingerprint density at radius 2 is 1.74 bits per heavy atom. The van der Waals surface area contributed by atoms with Crippen molar-refractivity contribution in [1.29, 1.82) is 0 Å². The maximum Gasteiger partial charge on any atom is 0.335 e. The third-order valence-corrected chi connectivity index (χ3v) is 6.14. The molecule has 10 heteroatoms. The summed E-state index contributed by atoms with van der Waals surface area (Å²) in [6.45, 7) is 8.53. The smallest absolute Gasteiger partial charge is 0.335 e. The number of aromatic nitrogens is 3. The van der Waals surface area contributed by atoms with Gasteiger partial charge in [-0.1, -0.05) is 31.7 Å². The molecule has 1 heterocycles. The number of thioether (sulfide) groups is 1. The first-order valence-electron chi connectivity index (χ1n) is 11.2. The molecular formula is C25H30N4O5S. The summed E-state index contributed by atoms with van der Waals surface area (Å²) in [5.74, 6) is 1.10. The number of anilines is 1. The molecule has 0 bridgehead atoms. The van der Waals surface area contributed by atoms with E-state index in [1.165, 1.54) is 23.9 Å². The van der Waals surface area contributed by atoms with E-state index in [4.69, 9.17) is 14.6 Å². The number of methoxy groups -OCH3 is 1. The van der Waals surface area contributed by atoms with E-state index in [0.717, 1.165) is 5.75 Å². The first-order valence-corrected chi connectivity index (χ1v) is 12.1. The Bertz CT molecular complexity index is 1160. The van der Waals surface area contributed by atoms with E-state index < -0.39 is 11.2 Å². The third-order valence-electron chi connectivity index (χ3n) is 5.06.